The summed E-state index contributed by atoms with van der Waals surface area (Å²) in [7, 11) is 0. The molecule has 0 radical (unpaired) electrons. The number of benzene rings is 1. The van der Waals surface area contributed by atoms with Gasteiger partial charge in [0.05, 0.1) is 11.3 Å². The minimum absolute atomic E-state index is 0.0544. The number of pyridine rings is 1. The van der Waals surface area contributed by atoms with Gasteiger partial charge in [0.25, 0.3) is 5.56 Å². The number of hydrogen-bond acceptors (Lipinski definition) is 5. The second-order valence-electron chi connectivity index (χ2n) is 6.70. The van der Waals surface area contributed by atoms with Crippen LogP contribution in [0.25, 0.3) is 10.9 Å². The number of hydrogen-bond donors (Lipinski definition) is 3. The van der Waals surface area contributed by atoms with Gasteiger partial charge in [-0.25, -0.2) is 9.78 Å². The van der Waals surface area contributed by atoms with E-state index in [1.165, 1.54) is 17.3 Å². The van der Waals surface area contributed by atoms with E-state index in [1.54, 1.807) is 6.92 Å². The number of rotatable bonds is 5. The van der Waals surface area contributed by atoms with Crippen molar-refractivity contribution < 1.29 is 4.79 Å². The van der Waals surface area contributed by atoms with Crippen LogP contribution in [-0.4, -0.2) is 26.6 Å². The Morgan fingerprint density at radius 1 is 1.14 bits per heavy atom. The number of nitrogens with zero attached hydrogens (tertiary/aromatic N) is 1. The molecule has 7 nitrogen and oxygen atoms in total. The fourth-order valence-corrected chi connectivity index (χ4v) is 4.00. The van der Waals surface area contributed by atoms with E-state index in [0.717, 1.165) is 33.5 Å². The first-order valence-electron chi connectivity index (χ1n) is 8.95. The average molecular weight is 398 g/mol. The van der Waals surface area contributed by atoms with E-state index in [4.69, 9.17) is 4.98 Å². The largest absolute Gasteiger partial charge is 0.326 e. The summed E-state index contributed by atoms with van der Waals surface area (Å²) in [5, 5.41) is 4.47. The predicted molar refractivity (Wildman–Crippen MR) is 112 cm³/mol. The van der Waals surface area contributed by atoms with Gasteiger partial charge in [-0.05, 0) is 50.5 Å². The van der Waals surface area contributed by atoms with E-state index in [-0.39, 0.29) is 17.3 Å². The van der Waals surface area contributed by atoms with Crippen molar-refractivity contribution >= 4 is 34.3 Å². The number of anilines is 1. The van der Waals surface area contributed by atoms with Crippen LogP contribution in [0.5, 0.6) is 0 Å². The van der Waals surface area contributed by atoms with E-state index in [0.29, 0.717) is 5.69 Å². The first kappa shape index (κ1) is 19.9. The third-order valence-electron chi connectivity index (χ3n) is 4.41. The monoisotopic (exact) mass is 398 g/mol. The smallest absolute Gasteiger partial charge is 0.319 e. The molecule has 3 N–H and O–H groups in total. The fourth-order valence-electron chi connectivity index (χ4n) is 3.12. The maximum Gasteiger partial charge on any atom is 0.326 e. The highest BCUT2D eigenvalue weighted by Crippen LogP contribution is 2.28. The van der Waals surface area contributed by atoms with Gasteiger partial charge in [-0.2, -0.15) is 0 Å². The number of aromatic amines is 2. The maximum absolute atomic E-state index is 12.3. The molecule has 0 aliphatic rings. The molecule has 2 heterocycles. The quantitative estimate of drug-likeness (QED) is 0.573. The van der Waals surface area contributed by atoms with Gasteiger partial charge in [-0.1, -0.05) is 30.3 Å². The molecule has 3 aromatic rings. The highest BCUT2D eigenvalue weighted by molar-refractivity contribution is 8.00. The van der Waals surface area contributed by atoms with Gasteiger partial charge in [-0.15, -0.1) is 0 Å². The SMILES string of the molecule is CCc1cc2cc(C)cc(C)c2nc1SCC(=O)Nc1c(C)[nH]c(=O)[nH]c1=O. The lowest BCUT2D eigenvalue weighted by atomic mass is 10.0. The molecule has 0 fully saturated rings. The zero-order valence-corrected chi connectivity index (χ0v) is 17.0. The third-order valence-corrected chi connectivity index (χ3v) is 5.44. The molecule has 0 unspecified atom stereocenters. The van der Waals surface area contributed by atoms with Crippen molar-refractivity contribution in [2.24, 2.45) is 0 Å². The van der Waals surface area contributed by atoms with Gasteiger partial charge >= 0.3 is 5.69 Å². The van der Waals surface area contributed by atoms with Gasteiger partial charge in [0.1, 0.15) is 10.7 Å². The number of carbonyl (C=O) groups is 1. The molecular formula is C20H22N4O3S. The summed E-state index contributed by atoms with van der Waals surface area (Å²) in [5.74, 6) is -0.232. The average Bonchev–Trinajstić information content (AvgIpc) is 2.62. The highest BCUT2D eigenvalue weighted by Gasteiger charge is 2.13. The molecule has 2 aromatic heterocycles. The minimum atomic E-state index is -0.622. The van der Waals surface area contributed by atoms with Crippen LogP contribution in [0.4, 0.5) is 5.69 Å². The summed E-state index contributed by atoms with van der Waals surface area (Å²) in [6, 6.07) is 6.33. The Bertz CT molecular complexity index is 1180. The summed E-state index contributed by atoms with van der Waals surface area (Å²) < 4.78 is 0. The normalized spacial score (nSPS) is 11.0. The van der Waals surface area contributed by atoms with Crippen molar-refractivity contribution in [1.82, 2.24) is 15.0 Å². The first-order valence-corrected chi connectivity index (χ1v) is 9.93. The second-order valence-corrected chi connectivity index (χ2v) is 7.67. The van der Waals surface area contributed by atoms with Crippen molar-refractivity contribution in [2.75, 3.05) is 11.1 Å². The van der Waals surface area contributed by atoms with E-state index in [2.05, 4.69) is 47.3 Å². The van der Waals surface area contributed by atoms with Gasteiger partial charge in [0.2, 0.25) is 5.91 Å². The Morgan fingerprint density at radius 2 is 1.89 bits per heavy atom. The summed E-state index contributed by atoms with van der Waals surface area (Å²) in [6.07, 6.45) is 0.804. The molecule has 3 rings (SSSR count). The van der Waals surface area contributed by atoms with Crippen LogP contribution in [0.2, 0.25) is 0 Å². The fraction of sp³-hybridized carbons (Fsp3) is 0.300. The molecule has 0 saturated carbocycles. The minimum Gasteiger partial charge on any atom is -0.319 e. The number of fused-ring (bicyclic) bond motifs is 1. The Kier molecular flexibility index (Phi) is 5.69. The lowest BCUT2D eigenvalue weighted by Gasteiger charge is -2.11. The molecule has 0 atom stereocenters. The molecule has 0 spiro atoms. The standard InChI is InChI=1S/C20H22N4O3S/c1-5-13-8-14-7-10(2)6-11(3)16(14)23-19(13)28-9-15(25)22-17-12(4)21-20(27)24-18(17)26/h6-8H,5,9H2,1-4H3,(H,22,25)(H2,21,24,26,27). The van der Waals surface area contributed by atoms with Crippen molar-refractivity contribution in [3.8, 4) is 0 Å². The molecular weight excluding hydrogens is 376 g/mol. The number of amides is 1. The van der Waals surface area contributed by atoms with Crippen molar-refractivity contribution in [2.45, 2.75) is 39.1 Å². The van der Waals surface area contributed by atoms with Crippen LogP contribution < -0.4 is 16.6 Å². The summed E-state index contributed by atoms with van der Waals surface area (Å²) >= 11 is 1.33. The van der Waals surface area contributed by atoms with Gasteiger partial charge in [-0.3, -0.25) is 14.6 Å². The number of aromatic nitrogens is 3. The van der Waals surface area contributed by atoms with E-state index in [9.17, 15) is 14.4 Å². The first-order chi connectivity index (χ1) is 13.3. The second kappa shape index (κ2) is 8.02. The Labute approximate surface area is 166 Å². The van der Waals surface area contributed by atoms with Gasteiger partial charge < -0.3 is 10.3 Å². The van der Waals surface area contributed by atoms with Crippen LogP contribution in [0, 0.1) is 20.8 Å². The van der Waals surface area contributed by atoms with Crippen molar-refractivity contribution in [1.29, 1.82) is 0 Å². The van der Waals surface area contributed by atoms with Gasteiger partial charge in [0, 0.05) is 11.1 Å². The number of H-pyrrole nitrogens is 2. The topological polar surface area (TPSA) is 108 Å². The van der Waals surface area contributed by atoms with Crippen LogP contribution in [0.15, 0.2) is 32.8 Å². The lowest BCUT2D eigenvalue weighted by Crippen LogP contribution is -2.29. The number of nitrogens with one attached hydrogen (secondary N) is 3. The number of aryl methyl sites for hydroxylation is 4. The van der Waals surface area contributed by atoms with Crippen LogP contribution in [0.3, 0.4) is 0 Å². The van der Waals surface area contributed by atoms with Crippen LogP contribution in [-0.2, 0) is 11.2 Å². The van der Waals surface area contributed by atoms with Crippen molar-refractivity contribution in [3.05, 3.63) is 61.4 Å². The molecule has 146 valence electrons. The molecule has 0 aliphatic heterocycles. The molecule has 0 bridgehead atoms. The summed E-state index contributed by atoms with van der Waals surface area (Å²) in [5.41, 5.74) is 3.44. The van der Waals surface area contributed by atoms with E-state index in [1.807, 2.05) is 6.92 Å². The van der Waals surface area contributed by atoms with E-state index < -0.39 is 11.2 Å². The zero-order chi connectivity index (χ0) is 20.4. The summed E-state index contributed by atoms with van der Waals surface area (Å²) in [4.78, 5) is 44.8. The highest BCUT2D eigenvalue weighted by atomic mass is 32.2. The van der Waals surface area contributed by atoms with Crippen molar-refractivity contribution in [3.63, 3.8) is 0 Å². The predicted octanol–water partition coefficient (Wildman–Crippen LogP) is 2.83. The van der Waals surface area contributed by atoms with Gasteiger partial charge in [0.15, 0.2) is 0 Å². The zero-order valence-electron chi connectivity index (χ0n) is 16.2. The Morgan fingerprint density at radius 3 is 2.57 bits per heavy atom. The Hall–Kier alpha value is -2.87. The molecule has 8 heteroatoms. The third kappa shape index (κ3) is 4.17. The van der Waals surface area contributed by atoms with Crippen LogP contribution >= 0.6 is 11.8 Å². The lowest BCUT2D eigenvalue weighted by molar-refractivity contribution is -0.113. The molecule has 1 aromatic carbocycles. The molecule has 0 aliphatic carbocycles. The van der Waals surface area contributed by atoms with E-state index >= 15 is 0 Å². The molecule has 1 amide bonds. The summed E-state index contributed by atoms with van der Waals surface area (Å²) in [6.45, 7) is 7.70. The number of carbonyl (C=O) groups excluding carboxylic acids is 1. The van der Waals surface area contributed by atoms with Crippen LogP contribution in [0.1, 0.15) is 29.3 Å². The molecule has 0 saturated heterocycles. The maximum atomic E-state index is 12.3. The number of thioether (sulfide) groups is 1. The Balaban J connectivity index is 1.82. The molecule has 28 heavy (non-hydrogen) atoms.